The van der Waals surface area contributed by atoms with Crippen molar-refractivity contribution < 1.29 is 37.9 Å². The van der Waals surface area contributed by atoms with Crippen molar-refractivity contribution in [1.82, 2.24) is 0 Å². The number of ether oxygens (including phenoxy) is 2. The topological polar surface area (TPSA) is 119 Å². The molecule has 0 spiro atoms. The van der Waals surface area contributed by atoms with Crippen molar-refractivity contribution in [3.05, 3.63) is 24.3 Å². The molecule has 0 aliphatic heterocycles. The van der Waals surface area contributed by atoms with Crippen molar-refractivity contribution in [2.75, 3.05) is 13.2 Å². The summed E-state index contributed by atoms with van der Waals surface area (Å²) in [6.45, 7) is 3.72. The van der Waals surface area contributed by atoms with Crippen LogP contribution < -0.4 is 0 Å². The number of allylic oxidation sites excluding steroid dienone is 4. The van der Waals surface area contributed by atoms with Gasteiger partial charge in [-0.15, -0.1) is 0 Å². The lowest BCUT2D eigenvalue weighted by molar-refractivity contribution is -0.161. The van der Waals surface area contributed by atoms with Gasteiger partial charge in [-0.05, 0) is 64.2 Å². The van der Waals surface area contributed by atoms with Crippen LogP contribution in [-0.4, -0.2) is 41.0 Å². The van der Waals surface area contributed by atoms with Crippen LogP contribution in [-0.2, 0) is 28.2 Å². The van der Waals surface area contributed by atoms with Gasteiger partial charge < -0.3 is 19.3 Å². The molecule has 0 aromatic heterocycles. The van der Waals surface area contributed by atoms with E-state index in [0.717, 1.165) is 38.5 Å². The van der Waals surface area contributed by atoms with Crippen molar-refractivity contribution in [2.45, 2.75) is 264 Å². The normalized spacial score (nSPS) is 12.6. The molecule has 0 aliphatic carbocycles. The maximum absolute atomic E-state index is 12.5. The summed E-state index contributed by atoms with van der Waals surface area (Å²) < 4.78 is 26.5. The second-order valence-corrected chi connectivity index (χ2v) is 18.0. The Morgan fingerprint density at radius 1 is 0.431 bits per heavy atom. The molecule has 2 N–H and O–H groups in total. The standard InChI is InChI=1S/C49H93O8P/c1-3-5-7-9-11-13-15-17-19-21-23-24-26-28-30-32-34-36-38-40-42-44-49(51)57-47(46-56-58(52,53)54)45-55-48(50)43-41-39-37-35-33-31-29-27-25-22-20-18-16-14-12-10-8-6-4-2/h18,20-21,23,47H,3-17,19,22,24-46H2,1-2H3,(H2,52,53,54)/b20-18-,23-21-. The lowest BCUT2D eigenvalue weighted by Crippen LogP contribution is -2.29. The molecular weight excluding hydrogens is 748 g/mol. The molecule has 342 valence electrons. The fourth-order valence-corrected chi connectivity index (χ4v) is 7.61. The van der Waals surface area contributed by atoms with Gasteiger partial charge in [-0.3, -0.25) is 14.1 Å². The molecule has 0 bridgehead atoms. The van der Waals surface area contributed by atoms with E-state index in [9.17, 15) is 14.2 Å². The van der Waals surface area contributed by atoms with E-state index in [0.29, 0.717) is 6.42 Å². The first kappa shape index (κ1) is 56.5. The molecule has 0 radical (unpaired) electrons. The number of rotatable bonds is 46. The number of carbonyl (C=O) groups excluding carboxylic acids is 2. The lowest BCUT2D eigenvalue weighted by atomic mass is 10.1. The summed E-state index contributed by atoms with van der Waals surface area (Å²) in [4.78, 5) is 43.0. The van der Waals surface area contributed by atoms with E-state index in [4.69, 9.17) is 19.3 Å². The van der Waals surface area contributed by atoms with E-state index in [1.54, 1.807) is 0 Å². The Bertz CT molecular complexity index is 993. The van der Waals surface area contributed by atoms with Crippen LogP contribution in [0.1, 0.15) is 258 Å². The van der Waals surface area contributed by atoms with Crippen molar-refractivity contribution in [1.29, 1.82) is 0 Å². The third-order valence-corrected chi connectivity index (χ3v) is 11.4. The average molecular weight is 841 g/mol. The van der Waals surface area contributed by atoms with Crippen LogP contribution in [0.4, 0.5) is 0 Å². The predicted molar refractivity (Wildman–Crippen MR) is 244 cm³/mol. The van der Waals surface area contributed by atoms with Gasteiger partial charge >= 0.3 is 19.8 Å². The second kappa shape index (κ2) is 45.1. The smallest absolute Gasteiger partial charge is 0.462 e. The Hall–Kier alpha value is -1.47. The Morgan fingerprint density at radius 2 is 0.724 bits per heavy atom. The van der Waals surface area contributed by atoms with E-state index in [1.807, 2.05) is 0 Å². The molecule has 9 heteroatoms. The molecule has 0 aromatic carbocycles. The van der Waals surface area contributed by atoms with E-state index in [1.165, 1.54) is 186 Å². The third kappa shape index (κ3) is 47.2. The lowest BCUT2D eigenvalue weighted by Gasteiger charge is -2.18. The molecule has 0 fully saturated rings. The zero-order chi connectivity index (χ0) is 42.5. The summed E-state index contributed by atoms with van der Waals surface area (Å²) in [5.41, 5.74) is 0. The van der Waals surface area contributed by atoms with Crippen LogP contribution in [0, 0.1) is 0 Å². The fourth-order valence-electron chi connectivity index (χ4n) is 7.25. The molecule has 0 aromatic rings. The Kier molecular flexibility index (Phi) is 43.9. The van der Waals surface area contributed by atoms with Crippen molar-refractivity contribution in [3.63, 3.8) is 0 Å². The quantitative estimate of drug-likeness (QED) is 0.0269. The Balaban J connectivity index is 3.82. The fraction of sp³-hybridized carbons (Fsp3) is 0.878. The van der Waals surface area contributed by atoms with Gasteiger partial charge in [0, 0.05) is 12.8 Å². The predicted octanol–water partition coefficient (Wildman–Crippen LogP) is 15.5. The summed E-state index contributed by atoms with van der Waals surface area (Å²) in [5.74, 6) is -0.878. The van der Waals surface area contributed by atoms with Crippen LogP contribution in [0.25, 0.3) is 0 Å². The summed E-state index contributed by atoms with van der Waals surface area (Å²) >= 11 is 0. The van der Waals surface area contributed by atoms with Gasteiger partial charge in [0.2, 0.25) is 0 Å². The third-order valence-electron chi connectivity index (χ3n) is 10.9. The van der Waals surface area contributed by atoms with Gasteiger partial charge in [0.15, 0.2) is 6.10 Å². The molecule has 0 amide bonds. The number of hydrogen-bond donors (Lipinski definition) is 2. The second-order valence-electron chi connectivity index (χ2n) is 16.8. The van der Waals surface area contributed by atoms with Gasteiger partial charge in [0.1, 0.15) is 6.61 Å². The molecule has 0 saturated carbocycles. The highest BCUT2D eigenvalue weighted by Gasteiger charge is 2.23. The highest BCUT2D eigenvalue weighted by atomic mass is 31.2. The number of carbonyl (C=O) groups is 2. The Labute approximate surface area is 358 Å². The molecule has 1 atom stereocenters. The minimum atomic E-state index is -4.76. The number of esters is 2. The van der Waals surface area contributed by atoms with Gasteiger partial charge in [0.05, 0.1) is 6.61 Å². The molecule has 0 saturated heterocycles. The van der Waals surface area contributed by atoms with E-state index in [2.05, 4.69) is 42.7 Å². The van der Waals surface area contributed by atoms with Gasteiger partial charge in [-0.2, -0.15) is 0 Å². The first-order chi connectivity index (χ1) is 28.3. The largest absolute Gasteiger partial charge is 0.469 e. The average Bonchev–Trinajstić information content (AvgIpc) is 3.20. The van der Waals surface area contributed by atoms with Crippen LogP contribution in [0.3, 0.4) is 0 Å². The zero-order valence-corrected chi connectivity index (χ0v) is 38.9. The molecule has 8 nitrogen and oxygen atoms in total. The molecule has 1 unspecified atom stereocenters. The highest BCUT2D eigenvalue weighted by Crippen LogP contribution is 2.36. The van der Waals surface area contributed by atoms with E-state index >= 15 is 0 Å². The molecule has 0 aliphatic rings. The van der Waals surface area contributed by atoms with Gasteiger partial charge in [-0.25, -0.2) is 4.57 Å². The maximum atomic E-state index is 12.5. The molecule has 58 heavy (non-hydrogen) atoms. The number of unbranched alkanes of at least 4 members (excludes halogenated alkanes) is 32. The first-order valence-corrected chi connectivity index (χ1v) is 26.2. The molecule has 0 heterocycles. The van der Waals surface area contributed by atoms with Crippen molar-refractivity contribution in [3.8, 4) is 0 Å². The van der Waals surface area contributed by atoms with Crippen LogP contribution in [0.2, 0.25) is 0 Å². The van der Waals surface area contributed by atoms with Gasteiger partial charge in [-0.1, -0.05) is 205 Å². The number of phosphoric acid groups is 1. The van der Waals surface area contributed by atoms with Crippen molar-refractivity contribution in [2.24, 2.45) is 0 Å². The number of hydrogen-bond acceptors (Lipinski definition) is 6. The maximum Gasteiger partial charge on any atom is 0.469 e. The molecular formula is C49H93O8P. The highest BCUT2D eigenvalue weighted by molar-refractivity contribution is 7.46. The first-order valence-electron chi connectivity index (χ1n) is 24.6. The minimum absolute atomic E-state index is 0.212. The van der Waals surface area contributed by atoms with Crippen molar-refractivity contribution >= 4 is 19.8 Å². The summed E-state index contributed by atoms with van der Waals surface area (Å²) in [7, 11) is -4.76. The Morgan fingerprint density at radius 3 is 1.05 bits per heavy atom. The SMILES string of the molecule is CCCCCCCC/C=C\CCCCCCCCCCCC(=O)OCC(COP(=O)(O)O)OC(=O)CCCCCCCCCCC/C=C\CCCCCCCCCC. The van der Waals surface area contributed by atoms with Crippen LogP contribution in [0.15, 0.2) is 24.3 Å². The minimum Gasteiger partial charge on any atom is -0.462 e. The van der Waals surface area contributed by atoms with Crippen LogP contribution >= 0.6 is 7.82 Å². The zero-order valence-electron chi connectivity index (χ0n) is 38.0. The van der Waals surface area contributed by atoms with Gasteiger partial charge in [0.25, 0.3) is 0 Å². The van der Waals surface area contributed by atoms with E-state index < -0.39 is 32.5 Å². The summed E-state index contributed by atoms with van der Waals surface area (Å²) in [5, 5.41) is 0. The number of phosphoric ester groups is 1. The monoisotopic (exact) mass is 841 g/mol. The summed E-state index contributed by atoms with van der Waals surface area (Å²) in [6, 6.07) is 0. The van der Waals surface area contributed by atoms with E-state index in [-0.39, 0.29) is 19.4 Å². The van der Waals surface area contributed by atoms with Crippen LogP contribution in [0.5, 0.6) is 0 Å². The molecule has 0 rings (SSSR count). The summed E-state index contributed by atoms with van der Waals surface area (Å²) in [6.07, 6.45) is 53.3.